The Labute approximate surface area is 267 Å². The van der Waals surface area contributed by atoms with E-state index in [2.05, 4.69) is 58.4 Å². The van der Waals surface area contributed by atoms with Gasteiger partial charge in [-0.15, -0.1) is 0 Å². The van der Waals surface area contributed by atoms with Gasteiger partial charge >= 0.3 is 0 Å². The summed E-state index contributed by atoms with van der Waals surface area (Å²) in [6.07, 6.45) is 2.15. The number of nitrogens with zero attached hydrogens (tertiary/aromatic N) is 2. The van der Waals surface area contributed by atoms with Crippen molar-refractivity contribution in [3.05, 3.63) is 125 Å². The van der Waals surface area contributed by atoms with Crippen molar-refractivity contribution in [3.63, 3.8) is 0 Å². The van der Waals surface area contributed by atoms with Crippen LogP contribution in [0.4, 0.5) is 0 Å². The van der Waals surface area contributed by atoms with Crippen molar-refractivity contribution in [1.82, 2.24) is 15.1 Å². The lowest BCUT2D eigenvalue weighted by Gasteiger charge is -2.42. The van der Waals surface area contributed by atoms with Gasteiger partial charge in [0.1, 0.15) is 5.75 Å². The van der Waals surface area contributed by atoms with E-state index < -0.39 is 0 Å². The average Bonchev–Trinajstić information content (AvgIpc) is 3.09. The van der Waals surface area contributed by atoms with Crippen LogP contribution in [-0.2, 0) is 17.8 Å². The quantitative estimate of drug-likeness (QED) is 0.212. The van der Waals surface area contributed by atoms with Crippen molar-refractivity contribution in [2.45, 2.75) is 44.8 Å². The summed E-state index contributed by atoms with van der Waals surface area (Å²) in [4.78, 5) is 31.7. The molecule has 1 unspecified atom stereocenters. The van der Waals surface area contributed by atoms with Crippen LogP contribution >= 0.6 is 0 Å². The second kappa shape index (κ2) is 15.5. The maximum absolute atomic E-state index is 14.2. The van der Waals surface area contributed by atoms with Gasteiger partial charge in [0.15, 0.2) is 0 Å². The number of methoxy groups -OCH3 is 1. The molecule has 0 spiro atoms. The van der Waals surface area contributed by atoms with Crippen LogP contribution in [-0.4, -0.2) is 60.9 Å². The predicted octanol–water partition coefficient (Wildman–Crippen LogP) is 5.85. The minimum absolute atomic E-state index is 0.112. The number of likely N-dealkylation sites (tertiary alicyclic amines) is 1. The molecule has 1 atom stereocenters. The molecular formula is C38H44N4O3. The number of benzene rings is 4. The maximum atomic E-state index is 14.2. The first-order chi connectivity index (χ1) is 22.0. The van der Waals surface area contributed by atoms with Gasteiger partial charge in [0.05, 0.1) is 19.6 Å². The zero-order valence-corrected chi connectivity index (χ0v) is 26.3. The molecule has 1 saturated heterocycles. The third-order valence-electron chi connectivity index (χ3n) is 8.70. The molecule has 1 heterocycles. The molecule has 1 fully saturated rings. The molecule has 45 heavy (non-hydrogen) atoms. The Hall–Kier alpha value is -4.46. The number of ether oxygens (including phenoxy) is 1. The van der Waals surface area contributed by atoms with Crippen molar-refractivity contribution >= 4 is 11.8 Å². The Balaban J connectivity index is 1.40. The number of amides is 2. The largest absolute Gasteiger partial charge is 0.497 e. The standard InChI is InChI=1S/C38H44N4O3/c1-28(31-11-8-12-32(26-31)35-13-6-7-14-36(35)38(44)40-22-21-39)42(37(43)25-29-15-17-34(45-2)18-16-29)33-19-23-41(24-20-33)27-30-9-4-3-5-10-30/h3-18,26,28,33H,19-25,27,39H2,1-2H3,(H,40,44). The number of piperidine rings is 1. The lowest BCUT2D eigenvalue weighted by Crippen LogP contribution is -2.48. The van der Waals surface area contributed by atoms with Gasteiger partial charge in [-0.1, -0.05) is 78.9 Å². The number of carbonyl (C=O) groups is 2. The second-order valence-electron chi connectivity index (χ2n) is 11.7. The van der Waals surface area contributed by atoms with E-state index in [-0.39, 0.29) is 23.9 Å². The van der Waals surface area contributed by atoms with Gasteiger partial charge in [0.25, 0.3) is 5.91 Å². The molecule has 1 aliphatic heterocycles. The molecule has 4 aromatic rings. The van der Waals surface area contributed by atoms with Gasteiger partial charge in [0.2, 0.25) is 5.91 Å². The molecule has 7 nitrogen and oxygen atoms in total. The number of rotatable bonds is 12. The molecule has 7 heteroatoms. The molecular weight excluding hydrogens is 560 g/mol. The Morgan fingerprint density at radius 1 is 0.911 bits per heavy atom. The molecule has 0 bridgehead atoms. The summed E-state index contributed by atoms with van der Waals surface area (Å²) in [5.74, 6) is 0.741. The molecule has 234 valence electrons. The number of nitrogens with two attached hydrogens (primary N) is 1. The zero-order chi connectivity index (χ0) is 31.6. The Morgan fingerprint density at radius 3 is 2.33 bits per heavy atom. The fourth-order valence-electron chi connectivity index (χ4n) is 6.28. The van der Waals surface area contributed by atoms with E-state index in [1.165, 1.54) is 5.56 Å². The summed E-state index contributed by atoms with van der Waals surface area (Å²) in [5.41, 5.74) is 11.3. The molecule has 0 radical (unpaired) electrons. The third-order valence-corrected chi connectivity index (χ3v) is 8.70. The molecule has 0 aliphatic carbocycles. The van der Waals surface area contributed by atoms with Gasteiger partial charge in [-0.3, -0.25) is 14.5 Å². The minimum Gasteiger partial charge on any atom is -0.497 e. The van der Waals surface area contributed by atoms with E-state index in [0.29, 0.717) is 25.1 Å². The van der Waals surface area contributed by atoms with Crippen LogP contribution in [0.5, 0.6) is 5.75 Å². The highest BCUT2D eigenvalue weighted by molar-refractivity contribution is 6.00. The van der Waals surface area contributed by atoms with Crippen LogP contribution in [0.2, 0.25) is 0 Å². The number of hydrogen-bond acceptors (Lipinski definition) is 5. The highest BCUT2D eigenvalue weighted by Gasteiger charge is 2.32. The highest BCUT2D eigenvalue weighted by Crippen LogP contribution is 2.32. The average molecular weight is 605 g/mol. The normalized spacial score (nSPS) is 14.5. The van der Waals surface area contributed by atoms with Gasteiger partial charge in [0, 0.05) is 44.3 Å². The Morgan fingerprint density at radius 2 is 1.62 bits per heavy atom. The Kier molecular flexibility index (Phi) is 11.0. The van der Waals surface area contributed by atoms with Crippen molar-refractivity contribution in [1.29, 1.82) is 0 Å². The van der Waals surface area contributed by atoms with Gasteiger partial charge in [-0.25, -0.2) is 0 Å². The van der Waals surface area contributed by atoms with Crippen molar-refractivity contribution < 1.29 is 14.3 Å². The van der Waals surface area contributed by atoms with E-state index in [1.807, 2.05) is 66.7 Å². The van der Waals surface area contributed by atoms with Crippen LogP contribution in [0.15, 0.2) is 103 Å². The Bertz CT molecular complexity index is 1550. The first kappa shape index (κ1) is 31.9. The van der Waals surface area contributed by atoms with Crippen molar-refractivity contribution in [2.24, 2.45) is 5.73 Å². The molecule has 2 amide bonds. The van der Waals surface area contributed by atoms with E-state index in [4.69, 9.17) is 10.5 Å². The van der Waals surface area contributed by atoms with Crippen molar-refractivity contribution in [2.75, 3.05) is 33.3 Å². The lowest BCUT2D eigenvalue weighted by atomic mass is 9.93. The molecule has 3 N–H and O–H groups in total. The van der Waals surface area contributed by atoms with Gasteiger partial charge in [-0.05, 0) is 71.8 Å². The second-order valence-corrected chi connectivity index (χ2v) is 11.7. The SMILES string of the molecule is COc1ccc(CC(=O)N(C2CCN(Cc3ccccc3)CC2)C(C)c2cccc(-c3ccccc3C(=O)NCCN)c2)cc1. The topological polar surface area (TPSA) is 87.9 Å². The third kappa shape index (κ3) is 8.18. The first-order valence-corrected chi connectivity index (χ1v) is 15.8. The van der Waals surface area contributed by atoms with Gasteiger partial charge < -0.3 is 20.7 Å². The number of carbonyl (C=O) groups excluding carboxylic acids is 2. The lowest BCUT2D eigenvalue weighted by molar-refractivity contribution is -0.136. The monoisotopic (exact) mass is 604 g/mol. The number of nitrogens with one attached hydrogen (secondary N) is 1. The van der Waals surface area contributed by atoms with E-state index in [0.717, 1.165) is 60.5 Å². The molecule has 0 saturated carbocycles. The van der Waals surface area contributed by atoms with Crippen molar-refractivity contribution in [3.8, 4) is 16.9 Å². The summed E-state index contributed by atoms with van der Waals surface area (Å²) < 4.78 is 5.32. The smallest absolute Gasteiger partial charge is 0.251 e. The van der Waals surface area contributed by atoms with Crippen LogP contribution in [0, 0.1) is 0 Å². The number of hydrogen-bond donors (Lipinski definition) is 2. The summed E-state index contributed by atoms with van der Waals surface area (Å²) in [7, 11) is 1.65. The first-order valence-electron chi connectivity index (χ1n) is 15.8. The van der Waals surface area contributed by atoms with Crippen LogP contribution in [0.1, 0.15) is 52.9 Å². The van der Waals surface area contributed by atoms with E-state index in [9.17, 15) is 9.59 Å². The summed E-state index contributed by atoms with van der Waals surface area (Å²) >= 11 is 0. The summed E-state index contributed by atoms with van der Waals surface area (Å²) in [6.45, 7) is 5.71. The van der Waals surface area contributed by atoms with E-state index >= 15 is 0 Å². The molecule has 1 aliphatic rings. The van der Waals surface area contributed by atoms with Gasteiger partial charge in [-0.2, -0.15) is 0 Å². The van der Waals surface area contributed by atoms with E-state index in [1.54, 1.807) is 7.11 Å². The van der Waals surface area contributed by atoms with Crippen LogP contribution < -0.4 is 15.8 Å². The molecule has 4 aromatic carbocycles. The highest BCUT2D eigenvalue weighted by atomic mass is 16.5. The predicted molar refractivity (Wildman–Crippen MR) is 180 cm³/mol. The zero-order valence-electron chi connectivity index (χ0n) is 26.3. The molecule has 0 aromatic heterocycles. The fourth-order valence-corrected chi connectivity index (χ4v) is 6.28. The van der Waals surface area contributed by atoms with Crippen LogP contribution in [0.25, 0.3) is 11.1 Å². The summed E-state index contributed by atoms with van der Waals surface area (Å²) in [5, 5.41) is 2.89. The minimum atomic E-state index is -0.153. The summed E-state index contributed by atoms with van der Waals surface area (Å²) in [6, 6.07) is 34.2. The fraction of sp³-hybridized carbons (Fsp3) is 0.316. The molecule has 5 rings (SSSR count). The maximum Gasteiger partial charge on any atom is 0.251 e. The van der Waals surface area contributed by atoms with Crippen LogP contribution in [0.3, 0.4) is 0 Å².